The number of para-hydroxylation sites is 3. The molecular formula is C21H16N2O3. The lowest BCUT2D eigenvalue weighted by molar-refractivity contribution is -0.118. The van der Waals surface area contributed by atoms with E-state index in [1.807, 2.05) is 66.7 Å². The van der Waals surface area contributed by atoms with Crippen LogP contribution in [0.3, 0.4) is 0 Å². The molecule has 0 fully saturated rings. The number of ether oxygens (including phenoxy) is 1. The maximum atomic E-state index is 12.1. The molecule has 1 aromatic heterocycles. The van der Waals surface area contributed by atoms with Gasteiger partial charge in [-0.05, 0) is 42.5 Å². The SMILES string of the molecule is O=C(COc1ccccc1)Nc1cccc(-c2nc3ccccc3o2)c1. The summed E-state index contributed by atoms with van der Waals surface area (Å²) in [4.78, 5) is 16.6. The lowest BCUT2D eigenvalue weighted by Gasteiger charge is -2.08. The molecule has 0 radical (unpaired) electrons. The molecule has 4 rings (SSSR count). The third kappa shape index (κ3) is 3.57. The van der Waals surface area contributed by atoms with Gasteiger partial charge in [-0.2, -0.15) is 0 Å². The normalized spacial score (nSPS) is 10.6. The minimum atomic E-state index is -0.233. The molecule has 0 bridgehead atoms. The molecule has 3 aromatic carbocycles. The van der Waals surface area contributed by atoms with E-state index in [1.54, 1.807) is 12.1 Å². The topological polar surface area (TPSA) is 64.4 Å². The van der Waals surface area contributed by atoms with Crippen molar-refractivity contribution in [2.24, 2.45) is 0 Å². The van der Waals surface area contributed by atoms with E-state index in [2.05, 4.69) is 10.3 Å². The Morgan fingerprint density at radius 1 is 0.962 bits per heavy atom. The number of benzene rings is 3. The van der Waals surface area contributed by atoms with Gasteiger partial charge in [0.1, 0.15) is 11.3 Å². The molecule has 1 N–H and O–H groups in total. The number of rotatable bonds is 5. The van der Waals surface area contributed by atoms with Gasteiger partial charge >= 0.3 is 0 Å². The quantitative estimate of drug-likeness (QED) is 0.578. The van der Waals surface area contributed by atoms with Crippen LogP contribution in [0, 0.1) is 0 Å². The summed E-state index contributed by atoms with van der Waals surface area (Å²) in [6.07, 6.45) is 0. The summed E-state index contributed by atoms with van der Waals surface area (Å²) in [7, 11) is 0. The van der Waals surface area contributed by atoms with Gasteiger partial charge in [-0.15, -0.1) is 0 Å². The summed E-state index contributed by atoms with van der Waals surface area (Å²) in [5.74, 6) is 0.939. The Bertz CT molecular complexity index is 1010. The summed E-state index contributed by atoms with van der Waals surface area (Å²) < 4.78 is 11.2. The van der Waals surface area contributed by atoms with Crippen LogP contribution in [-0.4, -0.2) is 17.5 Å². The number of amides is 1. The highest BCUT2D eigenvalue weighted by Crippen LogP contribution is 2.26. The highest BCUT2D eigenvalue weighted by Gasteiger charge is 2.09. The van der Waals surface area contributed by atoms with E-state index in [-0.39, 0.29) is 12.5 Å². The minimum Gasteiger partial charge on any atom is -0.484 e. The Morgan fingerprint density at radius 2 is 1.77 bits per heavy atom. The smallest absolute Gasteiger partial charge is 0.262 e. The zero-order chi connectivity index (χ0) is 17.8. The van der Waals surface area contributed by atoms with Crippen molar-refractivity contribution in [2.75, 3.05) is 11.9 Å². The fourth-order valence-corrected chi connectivity index (χ4v) is 2.59. The van der Waals surface area contributed by atoms with Gasteiger partial charge in [-0.25, -0.2) is 4.98 Å². The average Bonchev–Trinajstić information content (AvgIpc) is 3.12. The van der Waals surface area contributed by atoms with E-state index >= 15 is 0 Å². The van der Waals surface area contributed by atoms with Crippen LogP contribution in [-0.2, 0) is 4.79 Å². The fraction of sp³-hybridized carbons (Fsp3) is 0.0476. The van der Waals surface area contributed by atoms with Crippen molar-refractivity contribution >= 4 is 22.7 Å². The maximum Gasteiger partial charge on any atom is 0.262 e. The number of aromatic nitrogens is 1. The number of nitrogens with one attached hydrogen (secondary N) is 1. The van der Waals surface area contributed by atoms with Crippen molar-refractivity contribution in [3.8, 4) is 17.2 Å². The van der Waals surface area contributed by atoms with Gasteiger partial charge in [0.2, 0.25) is 5.89 Å². The first kappa shape index (κ1) is 15.9. The highest BCUT2D eigenvalue weighted by atomic mass is 16.5. The Kier molecular flexibility index (Phi) is 4.35. The van der Waals surface area contributed by atoms with Gasteiger partial charge in [0.05, 0.1) is 0 Å². The Morgan fingerprint density at radius 3 is 2.62 bits per heavy atom. The lowest BCUT2D eigenvalue weighted by atomic mass is 10.2. The number of carbonyl (C=O) groups excluding carboxylic acids is 1. The highest BCUT2D eigenvalue weighted by molar-refractivity contribution is 5.92. The minimum absolute atomic E-state index is 0.0584. The number of anilines is 1. The maximum absolute atomic E-state index is 12.1. The Balaban J connectivity index is 1.46. The molecule has 0 aliphatic carbocycles. The van der Waals surface area contributed by atoms with E-state index in [0.29, 0.717) is 17.3 Å². The predicted octanol–water partition coefficient (Wildman–Crippen LogP) is 4.51. The van der Waals surface area contributed by atoms with Gasteiger partial charge in [0.25, 0.3) is 5.91 Å². The molecule has 0 aliphatic heterocycles. The van der Waals surface area contributed by atoms with Crippen molar-refractivity contribution in [2.45, 2.75) is 0 Å². The number of nitrogens with zero attached hydrogens (tertiary/aromatic N) is 1. The third-order valence-corrected chi connectivity index (χ3v) is 3.80. The van der Waals surface area contributed by atoms with Gasteiger partial charge in [-0.1, -0.05) is 36.4 Å². The van der Waals surface area contributed by atoms with E-state index in [4.69, 9.17) is 9.15 Å². The second-order valence-electron chi connectivity index (χ2n) is 5.72. The fourth-order valence-electron chi connectivity index (χ4n) is 2.59. The largest absolute Gasteiger partial charge is 0.484 e. The standard InChI is InChI=1S/C21H16N2O3/c24-20(14-25-17-9-2-1-3-10-17)22-16-8-6-7-15(13-16)21-23-18-11-4-5-12-19(18)26-21/h1-13H,14H2,(H,22,24). The van der Waals surface area contributed by atoms with E-state index in [0.717, 1.165) is 16.7 Å². The molecule has 1 amide bonds. The first-order chi connectivity index (χ1) is 12.8. The van der Waals surface area contributed by atoms with Crippen LogP contribution >= 0.6 is 0 Å². The molecule has 26 heavy (non-hydrogen) atoms. The first-order valence-electron chi connectivity index (χ1n) is 8.22. The summed E-state index contributed by atoms with van der Waals surface area (Å²) in [6.45, 7) is -0.0584. The zero-order valence-electron chi connectivity index (χ0n) is 13.9. The lowest BCUT2D eigenvalue weighted by Crippen LogP contribution is -2.20. The van der Waals surface area contributed by atoms with Crippen molar-refractivity contribution in [1.82, 2.24) is 4.98 Å². The van der Waals surface area contributed by atoms with Crippen LogP contribution < -0.4 is 10.1 Å². The van der Waals surface area contributed by atoms with Crippen molar-refractivity contribution in [1.29, 1.82) is 0 Å². The van der Waals surface area contributed by atoms with Crippen LogP contribution in [0.2, 0.25) is 0 Å². The molecule has 0 unspecified atom stereocenters. The van der Waals surface area contributed by atoms with Crippen LogP contribution in [0.15, 0.2) is 83.3 Å². The van der Waals surface area contributed by atoms with Gasteiger partial charge in [-0.3, -0.25) is 4.79 Å². The molecule has 4 aromatic rings. The third-order valence-electron chi connectivity index (χ3n) is 3.80. The van der Waals surface area contributed by atoms with Crippen LogP contribution in [0.4, 0.5) is 5.69 Å². The number of oxazole rings is 1. The monoisotopic (exact) mass is 344 g/mol. The second-order valence-corrected chi connectivity index (χ2v) is 5.72. The second kappa shape index (κ2) is 7.11. The molecule has 5 nitrogen and oxygen atoms in total. The molecule has 0 saturated carbocycles. The van der Waals surface area contributed by atoms with Crippen LogP contribution in [0.25, 0.3) is 22.6 Å². The van der Waals surface area contributed by atoms with Crippen LogP contribution in [0.1, 0.15) is 0 Å². The number of hydrogen-bond donors (Lipinski definition) is 1. The number of hydrogen-bond acceptors (Lipinski definition) is 4. The molecular weight excluding hydrogens is 328 g/mol. The summed E-state index contributed by atoms with van der Waals surface area (Å²) in [5, 5.41) is 2.82. The summed E-state index contributed by atoms with van der Waals surface area (Å²) in [6, 6.07) is 24.2. The summed E-state index contributed by atoms with van der Waals surface area (Å²) in [5.41, 5.74) is 2.98. The molecule has 128 valence electrons. The van der Waals surface area contributed by atoms with Crippen molar-refractivity contribution in [3.63, 3.8) is 0 Å². The zero-order valence-corrected chi connectivity index (χ0v) is 13.9. The Labute approximate surface area is 150 Å². The number of carbonyl (C=O) groups is 1. The number of fused-ring (bicyclic) bond motifs is 1. The molecule has 5 heteroatoms. The predicted molar refractivity (Wildman–Crippen MR) is 100 cm³/mol. The average molecular weight is 344 g/mol. The van der Waals surface area contributed by atoms with Gasteiger partial charge in [0.15, 0.2) is 12.2 Å². The van der Waals surface area contributed by atoms with E-state index in [9.17, 15) is 4.79 Å². The van der Waals surface area contributed by atoms with Crippen molar-refractivity contribution < 1.29 is 13.9 Å². The van der Waals surface area contributed by atoms with Crippen LogP contribution in [0.5, 0.6) is 5.75 Å². The van der Waals surface area contributed by atoms with Crippen molar-refractivity contribution in [3.05, 3.63) is 78.9 Å². The molecule has 0 spiro atoms. The molecule has 0 saturated heterocycles. The first-order valence-corrected chi connectivity index (χ1v) is 8.22. The summed E-state index contributed by atoms with van der Waals surface area (Å²) >= 11 is 0. The molecule has 0 aliphatic rings. The van der Waals surface area contributed by atoms with Gasteiger partial charge in [0, 0.05) is 11.3 Å². The Hall–Kier alpha value is -3.60. The van der Waals surface area contributed by atoms with E-state index < -0.39 is 0 Å². The molecule has 1 heterocycles. The van der Waals surface area contributed by atoms with Gasteiger partial charge < -0.3 is 14.5 Å². The molecule has 0 atom stereocenters. The van der Waals surface area contributed by atoms with E-state index in [1.165, 1.54) is 0 Å².